The van der Waals surface area contributed by atoms with Crippen molar-refractivity contribution in [1.29, 1.82) is 0 Å². The van der Waals surface area contributed by atoms with Crippen molar-refractivity contribution in [1.82, 2.24) is 0 Å². The van der Waals surface area contributed by atoms with Crippen LogP contribution < -0.4 is 0 Å². The van der Waals surface area contributed by atoms with Crippen molar-refractivity contribution in [2.24, 2.45) is 0 Å². The number of halogens is 1. The molecule has 0 saturated carbocycles. The van der Waals surface area contributed by atoms with Crippen LogP contribution in [0.3, 0.4) is 0 Å². The minimum Gasteiger partial charge on any atom is -0.314 e. The summed E-state index contributed by atoms with van der Waals surface area (Å²) < 4.78 is 20.9. The molecule has 1 atom stereocenters. The van der Waals surface area contributed by atoms with Gasteiger partial charge in [-0.15, -0.1) is 0 Å². The van der Waals surface area contributed by atoms with Gasteiger partial charge in [-0.05, 0) is 11.6 Å². The van der Waals surface area contributed by atoms with Gasteiger partial charge in [-0.1, -0.05) is 34.1 Å². The van der Waals surface area contributed by atoms with E-state index in [1.165, 1.54) is 11.6 Å². The van der Waals surface area contributed by atoms with Gasteiger partial charge in [0.15, 0.2) is 0 Å². The first-order chi connectivity index (χ1) is 5.49. The second-order valence-electron chi connectivity index (χ2n) is 2.50. The maximum absolute atomic E-state index is 11.0. The van der Waals surface area contributed by atoms with E-state index >= 15 is 0 Å². The van der Waals surface area contributed by atoms with Gasteiger partial charge in [0.2, 0.25) is 0 Å². The van der Waals surface area contributed by atoms with E-state index in [2.05, 4.69) is 15.9 Å². The van der Waals surface area contributed by atoms with Crippen molar-refractivity contribution in [2.75, 3.05) is 6.26 Å². The zero-order valence-corrected chi connectivity index (χ0v) is 8.93. The summed E-state index contributed by atoms with van der Waals surface area (Å²) in [6, 6.07) is 7.29. The summed E-state index contributed by atoms with van der Waals surface area (Å²) in [6.07, 6.45) is 1.28. The first-order valence-corrected chi connectivity index (χ1v) is 6.08. The lowest BCUT2D eigenvalue weighted by molar-refractivity contribution is 0.566. The highest BCUT2D eigenvalue weighted by molar-refractivity contribution is 9.10. The van der Waals surface area contributed by atoms with Gasteiger partial charge in [0.05, 0.1) is 9.80 Å². The standard InChI is InChI=1S/C8H9BrO2S/c1-12(10,11)6-7-4-2-3-5-8(7)9/h2-6H,1H3,(H,10,11). The molecule has 0 bridgehead atoms. The van der Waals surface area contributed by atoms with Gasteiger partial charge in [0.25, 0.3) is 0 Å². The van der Waals surface area contributed by atoms with E-state index in [0.717, 1.165) is 10.0 Å². The second kappa shape index (κ2) is 3.60. The molecule has 1 rings (SSSR count). The third kappa shape index (κ3) is 2.97. The van der Waals surface area contributed by atoms with E-state index in [-0.39, 0.29) is 0 Å². The van der Waals surface area contributed by atoms with E-state index in [1.54, 1.807) is 6.07 Å². The Morgan fingerprint density at radius 3 is 2.58 bits per heavy atom. The topological polar surface area (TPSA) is 37.3 Å². The summed E-state index contributed by atoms with van der Waals surface area (Å²) in [5, 5.41) is 1.34. The maximum atomic E-state index is 11.0. The molecule has 1 aromatic carbocycles. The molecule has 0 aliphatic carbocycles. The van der Waals surface area contributed by atoms with Gasteiger partial charge in [-0.2, -0.15) is 0 Å². The van der Waals surface area contributed by atoms with Crippen LogP contribution in [0.25, 0.3) is 0 Å². The van der Waals surface area contributed by atoms with Gasteiger partial charge < -0.3 is 4.55 Å². The summed E-state index contributed by atoms with van der Waals surface area (Å²) in [5.74, 6) is 0. The fraction of sp³-hybridized carbons (Fsp3) is 0.125. The summed E-state index contributed by atoms with van der Waals surface area (Å²) in [7, 11) is -2.80. The quantitative estimate of drug-likeness (QED) is 0.773. The van der Waals surface area contributed by atoms with Crippen molar-refractivity contribution >= 4 is 31.1 Å². The molecule has 0 amide bonds. The molecule has 0 aromatic heterocycles. The molecule has 0 radical (unpaired) electrons. The molecule has 0 heterocycles. The first-order valence-electron chi connectivity index (χ1n) is 3.30. The SMILES string of the molecule is CS(=O)(O)=Cc1ccccc1Br. The summed E-state index contributed by atoms with van der Waals surface area (Å²) in [6.45, 7) is 0. The number of rotatable bonds is 1. The molecule has 1 aromatic rings. The van der Waals surface area contributed by atoms with Gasteiger partial charge in [-0.3, -0.25) is 0 Å². The predicted octanol–water partition coefficient (Wildman–Crippen LogP) is 1.99. The van der Waals surface area contributed by atoms with Gasteiger partial charge in [0.1, 0.15) is 0 Å². The lowest BCUT2D eigenvalue weighted by atomic mass is 10.2. The average molecular weight is 249 g/mol. The fourth-order valence-electron chi connectivity index (χ4n) is 0.806. The lowest BCUT2D eigenvalue weighted by Gasteiger charge is -1.98. The van der Waals surface area contributed by atoms with Gasteiger partial charge in [0, 0.05) is 16.1 Å². The van der Waals surface area contributed by atoms with Crippen molar-refractivity contribution in [3.05, 3.63) is 34.3 Å². The first kappa shape index (κ1) is 9.77. The Morgan fingerprint density at radius 2 is 2.08 bits per heavy atom. The Labute approximate surface area is 80.6 Å². The lowest BCUT2D eigenvalue weighted by Crippen LogP contribution is -1.99. The molecule has 0 saturated heterocycles. The molecule has 0 aliphatic heterocycles. The second-order valence-corrected chi connectivity index (χ2v) is 5.31. The largest absolute Gasteiger partial charge is 0.314 e. The van der Waals surface area contributed by atoms with Crippen LogP contribution in [0.4, 0.5) is 0 Å². The van der Waals surface area contributed by atoms with Gasteiger partial charge in [-0.25, -0.2) is 4.21 Å². The molecule has 0 aliphatic rings. The third-order valence-electron chi connectivity index (χ3n) is 1.25. The summed E-state index contributed by atoms with van der Waals surface area (Å²) in [5.41, 5.74) is 0.743. The van der Waals surface area contributed by atoms with Crippen LogP contribution in [0, 0.1) is 0 Å². The van der Waals surface area contributed by atoms with Crippen LogP contribution in [0.2, 0.25) is 0 Å². The van der Waals surface area contributed by atoms with Crippen LogP contribution in [0.1, 0.15) is 5.56 Å². The Hall–Kier alpha value is -0.320. The third-order valence-corrected chi connectivity index (χ3v) is 2.66. The minimum absolute atomic E-state index is 0.743. The Kier molecular flexibility index (Phi) is 2.93. The average Bonchev–Trinajstić information content (AvgIpc) is 1.91. The monoisotopic (exact) mass is 248 g/mol. The molecule has 12 heavy (non-hydrogen) atoms. The molecule has 1 unspecified atom stereocenters. The van der Waals surface area contributed by atoms with Crippen molar-refractivity contribution in [2.45, 2.75) is 0 Å². The number of hydrogen-bond acceptors (Lipinski definition) is 1. The minimum atomic E-state index is -2.80. The van der Waals surface area contributed by atoms with Crippen LogP contribution in [0.15, 0.2) is 28.7 Å². The van der Waals surface area contributed by atoms with Crippen LogP contribution >= 0.6 is 15.9 Å². The highest BCUT2D eigenvalue weighted by atomic mass is 79.9. The smallest absolute Gasteiger partial charge is 0.0791 e. The van der Waals surface area contributed by atoms with Gasteiger partial charge >= 0.3 is 0 Å². The van der Waals surface area contributed by atoms with Crippen molar-refractivity contribution < 1.29 is 8.76 Å². The van der Waals surface area contributed by atoms with Crippen molar-refractivity contribution in [3.63, 3.8) is 0 Å². The molecule has 4 heteroatoms. The van der Waals surface area contributed by atoms with Crippen molar-refractivity contribution in [3.8, 4) is 0 Å². The highest BCUT2D eigenvalue weighted by Crippen LogP contribution is 2.13. The van der Waals surface area contributed by atoms with E-state index in [0.29, 0.717) is 0 Å². The summed E-state index contributed by atoms with van der Waals surface area (Å²) in [4.78, 5) is 0. The Balaban J connectivity index is 3.23. The van der Waals surface area contributed by atoms with E-state index in [9.17, 15) is 4.21 Å². The van der Waals surface area contributed by atoms with Crippen LogP contribution in [-0.4, -0.2) is 20.4 Å². The maximum Gasteiger partial charge on any atom is 0.0791 e. The number of hydrogen-bond donors (Lipinski definition) is 1. The zero-order chi connectivity index (χ0) is 9.19. The Morgan fingerprint density at radius 1 is 1.50 bits per heavy atom. The number of benzene rings is 1. The molecule has 66 valence electrons. The van der Waals surface area contributed by atoms with E-state index in [4.69, 9.17) is 4.55 Å². The molecule has 2 nitrogen and oxygen atoms in total. The van der Waals surface area contributed by atoms with Crippen LogP contribution in [-0.2, 0) is 9.80 Å². The molecular formula is C8H9BrO2S. The predicted molar refractivity (Wildman–Crippen MR) is 56.0 cm³/mol. The zero-order valence-electron chi connectivity index (χ0n) is 6.53. The van der Waals surface area contributed by atoms with E-state index in [1.807, 2.05) is 18.2 Å². The Bertz CT molecular complexity index is 384. The summed E-state index contributed by atoms with van der Waals surface area (Å²) >= 11 is 3.28. The molecule has 0 spiro atoms. The highest BCUT2D eigenvalue weighted by Gasteiger charge is 1.97. The fourth-order valence-corrected chi connectivity index (χ4v) is 2.03. The molecular weight excluding hydrogens is 240 g/mol. The molecule has 0 fully saturated rings. The van der Waals surface area contributed by atoms with E-state index < -0.39 is 9.80 Å². The molecule has 1 N–H and O–H groups in total. The van der Waals surface area contributed by atoms with Crippen LogP contribution in [0.5, 0.6) is 0 Å². The normalized spacial score (nSPS) is 15.2.